The highest BCUT2D eigenvalue weighted by Gasteiger charge is 2.27. The zero-order valence-electron chi connectivity index (χ0n) is 12.4. The Labute approximate surface area is 134 Å². The van der Waals surface area contributed by atoms with Crippen LogP contribution in [0.1, 0.15) is 20.7 Å². The van der Waals surface area contributed by atoms with Crippen molar-refractivity contribution in [2.24, 2.45) is 5.73 Å². The molecule has 2 amide bonds. The van der Waals surface area contributed by atoms with Crippen LogP contribution in [0.5, 0.6) is 0 Å². The van der Waals surface area contributed by atoms with E-state index in [1.54, 1.807) is 41.3 Å². The van der Waals surface area contributed by atoms with Crippen LogP contribution in [0.15, 0.2) is 78.9 Å². The predicted molar refractivity (Wildman–Crippen MR) is 90.3 cm³/mol. The van der Waals surface area contributed by atoms with Crippen LogP contribution in [-0.2, 0) is 0 Å². The van der Waals surface area contributed by atoms with Crippen LogP contribution in [0.4, 0.5) is 5.69 Å². The van der Waals surface area contributed by atoms with E-state index in [1.807, 2.05) is 42.5 Å². The minimum absolute atomic E-state index is 0.180. The Morgan fingerprint density at radius 2 is 1.48 bits per heavy atom. The van der Waals surface area contributed by atoms with Gasteiger partial charge in [0.2, 0.25) is 0 Å². The Bertz CT molecular complexity index is 782. The summed E-state index contributed by atoms with van der Waals surface area (Å²) in [5.74, 6) is -0.738. The second kappa shape index (κ2) is 6.32. The minimum Gasteiger partial charge on any atom is -0.366 e. The molecule has 0 saturated heterocycles. The summed E-state index contributed by atoms with van der Waals surface area (Å²) in [6, 6.07) is 15.6. The second-order valence-electron chi connectivity index (χ2n) is 5.18. The quantitative estimate of drug-likeness (QED) is 0.944. The van der Waals surface area contributed by atoms with Gasteiger partial charge < -0.3 is 5.73 Å². The number of amides is 2. The second-order valence-corrected chi connectivity index (χ2v) is 5.18. The number of nitrogens with zero attached hydrogens (tertiary/aromatic N) is 1. The van der Waals surface area contributed by atoms with Crippen molar-refractivity contribution in [1.29, 1.82) is 0 Å². The molecule has 3 rings (SSSR count). The van der Waals surface area contributed by atoms with Gasteiger partial charge in [0, 0.05) is 5.56 Å². The molecule has 0 aliphatic heterocycles. The van der Waals surface area contributed by atoms with E-state index >= 15 is 0 Å². The van der Waals surface area contributed by atoms with Gasteiger partial charge in [-0.05, 0) is 24.3 Å². The van der Waals surface area contributed by atoms with E-state index in [4.69, 9.17) is 5.73 Å². The third-order valence-electron chi connectivity index (χ3n) is 3.69. The van der Waals surface area contributed by atoms with Crippen molar-refractivity contribution in [1.82, 2.24) is 0 Å². The number of benzene rings is 2. The van der Waals surface area contributed by atoms with Crippen LogP contribution in [0.25, 0.3) is 0 Å². The molecule has 2 N–H and O–H groups in total. The largest absolute Gasteiger partial charge is 0.366 e. The van der Waals surface area contributed by atoms with Crippen molar-refractivity contribution in [3.05, 3.63) is 90.0 Å². The first-order valence-electron chi connectivity index (χ1n) is 7.31. The number of anilines is 1. The van der Waals surface area contributed by atoms with Crippen molar-refractivity contribution >= 4 is 17.5 Å². The summed E-state index contributed by atoms with van der Waals surface area (Å²) >= 11 is 0. The van der Waals surface area contributed by atoms with Gasteiger partial charge in [-0.1, -0.05) is 54.6 Å². The Kier molecular flexibility index (Phi) is 4.06. The molecule has 1 aliphatic carbocycles. The Morgan fingerprint density at radius 3 is 2.13 bits per heavy atom. The van der Waals surface area contributed by atoms with E-state index in [0.29, 0.717) is 16.8 Å². The van der Waals surface area contributed by atoms with E-state index in [9.17, 15) is 9.59 Å². The highest BCUT2D eigenvalue weighted by Crippen LogP contribution is 2.26. The van der Waals surface area contributed by atoms with Crippen molar-refractivity contribution in [3.63, 3.8) is 0 Å². The molecule has 0 radical (unpaired) electrons. The van der Waals surface area contributed by atoms with Crippen molar-refractivity contribution in [2.75, 3.05) is 4.90 Å². The van der Waals surface area contributed by atoms with E-state index in [1.165, 1.54) is 0 Å². The van der Waals surface area contributed by atoms with Crippen LogP contribution < -0.4 is 10.6 Å². The van der Waals surface area contributed by atoms with Gasteiger partial charge in [-0.2, -0.15) is 0 Å². The SMILES string of the molecule is NC(=O)c1ccccc1N(C(=O)c1ccccc1)C1C=CC=C1. The average molecular weight is 304 g/mol. The molecular weight excluding hydrogens is 288 g/mol. The van der Waals surface area contributed by atoms with Gasteiger partial charge in [-0.25, -0.2) is 0 Å². The van der Waals surface area contributed by atoms with Crippen LogP contribution in [0.3, 0.4) is 0 Å². The molecule has 2 aromatic rings. The number of hydrogen-bond donors (Lipinski definition) is 1. The van der Waals surface area contributed by atoms with Gasteiger partial charge in [-0.15, -0.1) is 0 Å². The zero-order valence-corrected chi connectivity index (χ0v) is 12.4. The number of para-hydroxylation sites is 1. The molecule has 0 saturated carbocycles. The summed E-state index contributed by atoms with van der Waals surface area (Å²) in [5.41, 5.74) is 6.87. The third kappa shape index (κ3) is 2.92. The molecule has 0 unspecified atom stereocenters. The van der Waals surface area contributed by atoms with Crippen LogP contribution in [0.2, 0.25) is 0 Å². The number of primary amides is 1. The predicted octanol–water partition coefficient (Wildman–Crippen LogP) is 2.93. The summed E-state index contributed by atoms with van der Waals surface area (Å²) < 4.78 is 0. The van der Waals surface area contributed by atoms with Crippen LogP contribution >= 0.6 is 0 Å². The Morgan fingerprint density at radius 1 is 0.870 bits per heavy atom. The fraction of sp³-hybridized carbons (Fsp3) is 0.0526. The van der Waals surface area contributed by atoms with Gasteiger partial charge in [0.1, 0.15) is 0 Å². The maximum atomic E-state index is 13.0. The zero-order chi connectivity index (χ0) is 16.2. The van der Waals surface area contributed by atoms with Gasteiger partial charge >= 0.3 is 0 Å². The highest BCUT2D eigenvalue weighted by molar-refractivity contribution is 6.11. The summed E-state index contributed by atoms with van der Waals surface area (Å²) in [4.78, 5) is 26.4. The number of allylic oxidation sites excluding steroid dienone is 2. The number of nitrogens with two attached hydrogens (primary N) is 1. The van der Waals surface area contributed by atoms with Crippen molar-refractivity contribution in [2.45, 2.75) is 6.04 Å². The molecule has 0 heterocycles. The normalized spacial score (nSPS) is 13.2. The van der Waals surface area contributed by atoms with Crippen molar-refractivity contribution < 1.29 is 9.59 Å². The Balaban J connectivity index is 2.11. The minimum atomic E-state index is -0.558. The molecule has 23 heavy (non-hydrogen) atoms. The van der Waals surface area contributed by atoms with Gasteiger partial charge in [0.25, 0.3) is 11.8 Å². The van der Waals surface area contributed by atoms with E-state index in [-0.39, 0.29) is 11.9 Å². The van der Waals surface area contributed by atoms with E-state index in [0.717, 1.165) is 0 Å². The summed E-state index contributed by atoms with van der Waals surface area (Å²) in [6.07, 6.45) is 7.56. The standard InChI is InChI=1S/C19H16N2O2/c20-18(22)16-12-6-7-13-17(16)21(15-10-4-5-11-15)19(23)14-8-2-1-3-9-14/h1-13,15H,(H2,20,22). The number of carbonyl (C=O) groups is 2. The summed E-state index contributed by atoms with van der Waals surface area (Å²) in [5, 5.41) is 0. The first-order chi connectivity index (χ1) is 11.2. The van der Waals surface area contributed by atoms with Gasteiger partial charge in [0.05, 0.1) is 17.3 Å². The molecule has 0 spiro atoms. The van der Waals surface area contributed by atoms with Crippen LogP contribution in [-0.4, -0.2) is 17.9 Å². The summed E-state index contributed by atoms with van der Waals surface area (Å²) in [6.45, 7) is 0. The maximum Gasteiger partial charge on any atom is 0.259 e. The smallest absolute Gasteiger partial charge is 0.259 e. The molecule has 1 aliphatic rings. The first kappa shape index (κ1) is 14.8. The van der Waals surface area contributed by atoms with E-state index in [2.05, 4.69) is 0 Å². The fourth-order valence-electron chi connectivity index (χ4n) is 2.61. The summed E-state index contributed by atoms with van der Waals surface area (Å²) in [7, 11) is 0. The third-order valence-corrected chi connectivity index (χ3v) is 3.69. The lowest BCUT2D eigenvalue weighted by Crippen LogP contribution is -2.39. The lowest BCUT2D eigenvalue weighted by atomic mass is 10.1. The van der Waals surface area contributed by atoms with Crippen LogP contribution in [0, 0.1) is 0 Å². The van der Waals surface area contributed by atoms with Gasteiger partial charge in [-0.3, -0.25) is 14.5 Å². The Hall–Kier alpha value is -3.14. The first-order valence-corrected chi connectivity index (χ1v) is 7.31. The lowest BCUT2D eigenvalue weighted by molar-refractivity contribution is 0.0984. The van der Waals surface area contributed by atoms with Gasteiger partial charge in [0.15, 0.2) is 0 Å². The fourth-order valence-corrected chi connectivity index (χ4v) is 2.61. The lowest BCUT2D eigenvalue weighted by Gasteiger charge is -2.28. The molecule has 0 aromatic heterocycles. The highest BCUT2D eigenvalue weighted by atomic mass is 16.2. The monoisotopic (exact) mass is 304 g/mol. The maximum absolute atomic E-state index is 13.0. The topological polar surface area (TPSA) is 63.4 Å². The molecule has 0 bridgehead atoms. The molecule has 114 valence electrons. The molecule has 0 fully saturated rings. The number of carbonyl (C=O) groups excluding carboxylic acids is 2. The molecular formula is C19H16N2O2. The molecule has 0 atom stereocenters. The average Bonchev–Trinajstić information content (AvgIpc) is 3.10. The van der Waals surface area contributed by atoms with Crippen molar-refractivity contribution in [3.8, 4) is 0 Å². The number of hydrogen-bond acceptors (Lipinski definition) is 2. The molecule has 4 nitrogen and oxygen atoms in total. The molecule has 2 aromatic carbocycles. The van der Waals surface area contributed by atoms with E-state index < -0.39 is 5.91 Å². The number of rotatable bonds is 4. The molecule has 4 heteroatoms.